The maximum Gasteiger partial charge on any atom is 0.274 e. The number of aromatic nitrogens is 2. The summed E-state index contributed by atoms with van der Waals surface area (Å²) in [5.41, 5.74) is 0.867. The Balaban J connectivity index is 1.87. The Morgan fingerprint density at radius 2 is 1.96 bits per heavy atom. The van der Waals surface area contributed by atoms with Crippen molar-refractivity contribution in [2.24, 2.45) is 0 Å². The van der Waals surface area contributed by atoms with Gasteiger partial charge in [-0.3, -0.25) is 14.8 Å². The lowest BCUT2D eigenvalue weighted by Gasteiger charge is -2.10. The first-order valence-electron chi connectivity index (χ1n) is 6.92. The normalized spacial score (nSPS) is 10.8. The van der Waals surface area contributed by atoms with E-state index in [0.29, 0.717) is 21.0 Å². The van der Waals surface area contributed by atoms with E-state index in [2.05, 4.69) is 15.3 Å². The minimum absolute atomic E-state index is 0.117. The molecule has 2 radical (unpaired) electrons. The van der Waals surface area contributed by atoms with Crippen LogP contribution >= 0.6 is 23.2 Å². The van der Waals surface area contributed by atoms with Crippen molar-refractivity contribution >= 4 is 53.5 Å². The van der Waals surface area contributed by atoms with Gasteiger partial charge in [-0.2, -0.15) is 0 Å². The number of amides is 1. The summed E-state index contributed by atoms with van der Waals surface area (Å²) in [5, 5.41) is 14.3. The standard InChI is InChI=1S/C16H10BCl2N3O2/c17-15-11-2-1-3-20-12(11)14(23)13(22-15)16(24)21-7-8-4-9(18)6-10(19)5-8/h1-6,23H,7H2,(H,21,24). The Bertz CT molecular complexity index is 930. The van der Waals surface area contributed by atoms with E-state index in [1.807, 2.05) is 0 Å². The zero-order valence-corrected chi connectivity index (χ0v) is 13.8. The molecule has 5 nitrogen and oxygen atoms in total. The number of nitrogens with zero attached hydrogens (tertiary/aromatic N) is 2. The molecule has 1 aromatic carbocycles. The summed E-state index contributed by atoms with van der Waals surface area (Å²) in [6.07, 6.45) is 1.50. The average molecular weight is 358 g/mol. The van der Waals surface area contributed by atoms with Crippen molar-refractivity contribution in [3.05, 3.63) is 57.8 Å². The van der Waals surface area contributed by atoms with Crippen LogP contribution in [0.1, 0.15) is 16.1 Å². The minimum atomic E-state index is -0.581. The van der Waals surface area contributed by atoms with E-state index in [0.717, 1.165) is 0 Å². The van der Waals surface area contributed by atoms with Gasteiger partial charge in [0, 0.05) is 28.2 Å². The molecule has 2 heterocycles. The van der Waals surface area contributed by atoms with Gasteiger partial charge >= 0.3 is 0 Å². The molecule has 0 saturated heterocycles. The molecule has 1 amide bonds. The molecule has 0 aliphatic heterocycles. The van der Waals surface area contributed by atoms with Crippen LogP contribution in [-0.4, -0.2) is 28.8 Å². The van der Waals surface area contributed by atoms with Gasteiger partial charge in [-0.15, -0.1) is 0 Å². The third-order valence-corrected chi connectivity index (χ3v) is 3.79. The highest BCUT2D eigenvalue weighted by atomic mass is 35.5. The topological polar surface area (TPSA) is 75.1 Å². The number of rotatable bonds is 3. The number of fused-ring (bicyclic) bond motifs is 1. The molecule has 0 saturated carbocycles. The van der Waals surface area contributed by atoms with Crippen LogP contribution in [0.15, 0.2) is 36.5 Å². The molecule has 3 aromatic rings. The average Bonchev–Trinajstić information content (AvgIpc) is 2.55. The maximum atomic E-state index is 12.3. The van der Waals surface area contributed by atoms with Gasteiger partial charge in [-0.25, -0.2) is 0 Å². The van der Waals surface area contributed by atoms with Crippen LogP contribution in [0, 0.1) is 0 Å². The summed E-state index contributed by atoms with van der Waals surface area (Å²) in [6.45, 7) is 0.167. The highest BCUT2D eigenvalue weighted by Crippen LogP contribution is 2.23. The second-order valence-corrected chi connectivity index (χ2v) is 5.93. The molecule has 0 aliphatic rings. The lowest BCUT2D eigenvalue weighted by molar-refractivity contribution is 0.0943. The fourth-order valence-corrected chi connectivity index (χ4v) is 2.86. The van der Waals surface area contributed by atoms with Gasteiger partial charge in [0.25, 0.3) is 5.91 Å². The van der Waals surface area contributed by atoms with Crippen molar-refractivity contribution in [3.8, 4) is 5.75 Å². The van der Waals surface area contributed by atoms with Crippen LogP contribution in [0.2, 0.25) is 10.0 Å². The van der Waals surface area contributed by atoms with Crippen molar-refractivity contribution in [1.82, 2.24) is 15.3 Å². The van der Waals surface area contributed by atoms with Crippen LogP contribution in [0.4, 0.5) is 0 Å². The quantitative estimate of drug-likeness (QED) is 0.705. The monoisotopic (exact) mass is 357 g/mol. The number of halogens is 2. The number of nitrogens with one attached hydrogen (secondary N) is 1. The predicted octanol–water partition coefficient (Wildman–Crippen LogP) is 2.37. The zero-order valence-electron chi connectivity index (χ0n) is 12.3. The van der Waals surface area contributed by atoms with Gasteiger partial charge in [0.1, 0.15) is 13.4 Å². The molecule has 0 aliphatic carbocycles. The molecule has 2 aromatic heterocycles. The number of benzene rings is 1. The summed E-state index contributed by atoms with van der Waals surface area (Å²) < 4.78 is 0. The van der Waals surface area contributed by atoms with Gasteiger partial charge in [-0.05, 0) is 35.4 Å². The largest absolute Gasteiger partial charge is 0.504 e. The van der Waals surface area contributed by atoms with Crippen LogP contribution in [0.25, 0.3) is 10.9 Å². The van der Waals surface area contributed by atoms with E-state index in [1.54, 1.807) is 30.3 Å². The first-order valence-corrected chi connectivity index (χ1v) is 7.67. The Hall–Kier alpha value is -2.31. The fraction of sp³-hybridized carbons (Fsp3) is 0.0625. The Labute approximate surface area is 149 Å². The van der Waals surface area contributed by atoms with Gasteiger partial charge in [0.15, 0.2) is 11.4 Å². The van der Waals surface area contributed by atoms with E-state index < -0.39 is 5.91 Å². The smallest absolute Gasteiger partial charge is 0.274 e. The maximum absolute atomic E-state index is 12.3. The van der Waals surface area contributed by atoms with Gasteiger partial charge in [0.05, 0.1) is 0 Å². The summed E-state index contributed by atoms with van der Waals surface area (Å²) in [6, 6.07) is 8.29. The van der Waals surface area contributed by atoms with Crippen molar-refractivity contribution in [2.45, 2.75) is 6.54 Å². The summed E-state index contributed by atoms with van der Waals surface area (Å²) in [7, 11) is 5.83. The lowest BCUT2D eigenvalue weighted by atomic mass is 9.97. The van der Waals surface area contributed by atoms with Crippen molar-refractivity contribution < 1.29 is 9.90 Å². The third kappa shape index (κ3) is 3.30. The van der Waals surface area contributed by atoms with Crippen molar-refractivity contribution in [3.63, 3.8) is 0 Å². The fourth-order valence-electron chi connectivity index (χ4n) is 2.28. The minimum Gasteiger partial charge on any atom is -0.504 e. The number of carbonyl (C=O) groups excluding carboxylic acids is 1. The molecule has 2 N–H and O–H groups in total. The van der Waals surface area contributed by atoms with Crippen LogP contribution in [0.5, 0.6) is 5.75 Å². The predicted molar refractivity (Wildman–Crippen MR) is 94.2 cm³/mol. The summed E-state index contributed by atoms with van der Waals surface area (Å²) in [4.78, 5) is 20.3. The van der Waals surface area contributed by atoms with E-state index in [9.17, 15) is 9.90 Å². The van der Waals surface area contributed by atoms with E-state index in [4.69, 9.17) is 31.0 Å². The third-order valence-electron chi connectivity index (χ3n) is 3.36. The number of aromatic hydroxyl groups is 1. The number of hydrogen-bond acceptors (Lipinski definition) is 4. The molecular weight excluding hydrogens is 348 g/mol. The second kappa shape index (κ2) is 6.67. The van der Waals surface area contributed by atoms with E-state index in [-0.39, 0.29) is 29.1 Å². The van der Waals surface area contributed by atoms with Crippen LogP contribution in [0.3, 0.4) is 0 Å². The molecule has 0 bridgehead atoms. The van der Waals surface area contributed by atoms with E-state index in [1.165, 1.54) is 6.20 Å². The first kappa shape index (κ1) is 16.5. The highest BCUT2D eigenvalue weighted by Gasteiger charge is 2.18. The Kier molecular flexibility index (Phi) is 4.60. The number of carbonyl (C=O) groups is 1. The summed E-state index contributed by atoms with van der Waals surface area (Å²) >= 11 is 11.8. The summed E-state index contributed by atoms with van der Waals surface area (Å²) in [5.74, 6) is -0.899. The second-order valence-electron chi connectivity index (χ2n) is 5.05. The molecule has 0 spiro atoms. The first-order chi connectivity index (χ1) is 11.5. The molecule has 3 rings (SSSR count). The zero-order chi connectivity index (χ0) is 17.3. The lowest BCUT2D eigenvalue weighted by Crippen LogP contribution is -2.26. The van der Waals surface area contributed by atoms with Gasteiger partial charge in [-0.1, -0.05) is 29.3 Å². The van der Waals surface area contributed by atoms with Gasteiger partial charge in [0.2, 0.25) is 0 Å². The van der Waals surface area contributed by atoms with Crippen LogP contribution in [-0.2, 0) is 6.54 Å². The molecule has 0 atom stereocenters. The van der Waals surface area contributed by atoms with E-state index >= 15 is 0 Å². The van der Waals surface area contributed by atoms with Gasteiger partial charge < -0.3 is 10.4 Å². The molecule has 118 valence electrons. The molecule has 0 unspecified atom stereocenters. The number of pyridine rings is 2. The Morgan fingerprint density at radius 1 is 1.25 bits per heavy atom. The molecular formula is C16H10BCl2N3O2. The SMILES string of the molecule is [B]c1nc(C(=O)NCc2cc(Cl)cc(Cl)c2)c(O)c2ncccc12. The Morgan fingerprint density at radius 3 is 2.67 bits per heavy atom. The highest BCUT2D eigenvalue weighted by molar-refractivity contribution is 6.37. The molecule has 24 heavy (non-hydrogen) atoms. The van der Waals surface area contributed by atoms with Crippen LogP contribution < -0.4 is 10.9 Å². The number of hydrogen-bond donors (Lipinski definition) is 2. The molecule has 0 fully saturated rings. The van der Waals surface area contributed by atoms with Crippen molar-refractivity contribution in [1.29, 1.82) is 0 Å². The molecule has 8 heteroatoms. The van der Waals surface area contributed by atoms with Crippen molar-refractivity contribution in [2.75, 3.05) is 0 Å².